The Morgan fingerprint density at radius 2 is 1.88 bits per heavy atom. The second-order valence-corrected chi connectivity index (χ2v) is 8.52. The predicted octanol–water partition coefficient (Wildman–Crippen LogP) is 1.80. The number of anilines is 4. The molecule has 1 aromatic heterocycles. The number of hydrogen-bond acceptors (Lipinski definition) is 7. The second kappa shape index (κ2) is 7.28. The molecular formula is C17H21N5O3S. The summed E-state index contributed by atoms with van der Waals surface area (Å²) >= 11 is 0. The van der Waals surface area contributed by atoms with E-state index in [2.05, 4.69) is 20.6 Å². The van der Waals surface area contributed by atoms with Gasteiger partial charge in [0.15, 0.2) is 9.84 Å². The lowest BCUT2D eigenvalue weighted by Gasteiger charge is -2.24. The highest BCUT2D eigenvalue weighted by Crippen LogP contribution is 2.23. The van der Waals surface area contributed by atoms with Crippen LogP contribution in [0.3, 0.4) is 0 Å². The monoisotopic (exact) mass is 375 g/mol. The first kappa shape index (κ1) is 18.1. The van der Waals surface area contributed by atoms with Crippen LogP contribution in [0.25, 0.3) is 0 Å². The van der Waals surface area contributed by atoms with Crippen LogP contribution in [0.4, 0.5) is 23.1 Å². The molecule has 1 aliphatic heterocycles. The highest BCUT2D eigenvalue weighted by atomic mass is 32.2. The van der Waals surface area contributed by atoms with E-state index in [1.165, 1.54) is 6.92 Å². The Bertz CT molecular complexity index is 899. The first-order chi connectivity index (χ1) is 12.3. The Morgan fingerprint density at radius 1 is 1.19 bits per heavy atom. The van der Waals surface area contributed by atoms with Gasteiger partial charge in [-0.2, -0.15) is 4.98 Å². The van der Waals surface area contributed by atoms with Gasteiger partial charge in [0.05, 0.1) is 11.5 Å². The van der Waals surface area contributed by atoms with Crippen molar-refractivity contribution in [3.63, 3.8) is 0 Å². The van der Waals surface area contributed by atoms with Crippen LogP contribution >= 0.6 is 0 Å². The zero-order valence-electron chi connectivity index (χ0n) is 14.6. The standard InChI is InChI=1S/C17H21N5O3S/c1-12(23)19-13-3-5-14(6-4-13)20-17-18-9-7-16(21-17)22(2)15-8-10-26(24,25)11-15/h3-7,9,15H,8,10-11H2,1-2H3,(H,19,23)(H,18,20,21). The van der Waals surface area contributed by atoms with E-state index in [0.29, 0.717) is 23.9 Å². The molecule has 26 heavy (non-hydrogen) atoms. The van der Waals surface area contributed by atoms with E-state index >= 15 is 0 Å². The normalized spacial score (nSPS) is 18.3. The fourth-order valence-corrected chi connectivity index (χ4v) is 4.62. The quantitative estimate of drug-likeness (QED) is 0.821. The number of rotatable bonds is 5. The van der Waals surface area contributed by atoms with E-state index in [9.17, 15) is 13.2 Å². The number of hydrogen-bond donors (Lipinski definition) is 2. The highest BCUT2D eigenvalue weighted by molar-refractivity contribution is 7.91. The molecular weight excluding hydrogens is 354 g/mol. The molecule has 1 saturated heterocycles. The molecule has 1 aliphatic rings. The number of sulfone groups is 1. The summed E-state index contributed by atoms with van der Waals surface area (Å²) in [6.07, 6.45) is 2.24. The maximum absolute atomic E-state index is 11.7. The summed E-state index contributed by atoms with van der Waals surface area (Å²) in [4.78, 5) is 21.6. The fourth-order valence-electron chi connectivity index (χ4n) is 2.84. The Balaban J connectivity index is 1.70. The Labute approximate surface area is 152 Å². The molecule has 0 aliphatic carbocycles. The van der Waals surface area contributed by atoms with E-state index in [4.69, 9.17) is 0 Å². The van der Waals surface area contributed by atoms with Crippen molar-refractivity contribution in [1.82, 2.24) is 9.97 Å². The topological polar surface area (TPSA) is 104 Å². The molecule has 0 spiro atoms. The first-order valence-corrected chi connectivity index (χ1v) is 10.1. The summed E-state index contributed by atoms with van der Waals surface area (Å²) in [7, 11) is -1.10. The van der Waals surface area contributed by atoms with E-state index in [-0.39, 0.29) is 23.5 Å². The molecule has 2 heterocycles. The van der Waals surface area contributed by atoms with Gasteiger partial charge in [-0.3, -0.25) is 4.79 Å². The highest BCUT2D eigenvalue weighted by Gasteiger charge is 2.31. The molecule has 138 valence electrons. The van der Waals surface area contributed by atoms with Gasteiger partial charge in [0, 0.05) is 37.6 Å². The summed E-state index contributed by atoms with van der Waals surface area (Å²) in [6, 6.07) is 8.88. The number of nitrogens with one attached hydrogen (secondary N) is 2. The van der Waals surface area contributed by atoms with Gasteiger partial charge < -0.3 is 15.5 Å². The van der Waals surface area contributed by atoms with Crippen LogP contribution in [0, 0.1) is 0 Å². The smallest absolute Gasteiger partial charge is 0.229 e. The van der Waals surface area contributed by atoms with Gasteiger partial charge in [-0.05, 0) is 36.8 Å². The van der Waals surface area contributed by atoms with Crippen molar-refractivity contribution in [3.8, 4) is 0 Å². The molecule has 1 fully saturated rings. The van der Waals surface area contributed by atoms with Gasteiger partial charge in [-0.25, -0.2) is 13.4 Å². The van der Waals surface area contributed by atoms with Gasteiger partial charge >= 0.3 is 0 Å². The zero-order chi connectivity index (χ0) is 18.7. The van der Waals surface area contributed by atoms with Crippen LogP contribution in [0.15, 0.2) is 36.5 Å². The van der Waals surface area contributed by atoms with Crippen LogP contribution in [-0.4, -0.2) is 48.9 Å². The maximum atomic E-state index is 11.7. The number of benzene rings is 1. The lowest BCUT2D eigenvalue weighted by atomic mass is 10.2. The van der Waals surface area contributed by atoms with Crippen LogP contribution in [0.5, 0.6) is 0 Å². The molecule has 1 amide bonds. The van der Waals surface area contributed by atoms with E-state index in [1.807, 2.05) is 24.1 Å². The molecule has 2 aromatic rings. The maximum Gasteiger partial charge on any atom is 0.229 e. The lowest BCUT2D eigenvalue weighted by Crippen LogP contribution is -2.33. The number of aromatic nitrogens is 2. The summed E-state index contributed by atoms with van der Waals surface area (Å²) in [5, 5.41) is 5.81. The molecule has 1 unspecified atom stereocenters. The molecule has 3 rings (SSSR count). The molecule has 8 nitrogen and oxygen atoms in total. The number of carbonyl (C=O) groups is 1. The Hall–Kier alpha value is -2.68. The second-order valence-electron chi connectivity index (χ2n) is 6.29. The number of amides is 1. The van der Waals surface area contributed by atoms with Crippen molar-refractivity contribution < 1.29 is 13.2 Å². The SMILES string of the molecule is CC(=O)Nc1ccc(Nc2nccc(N(C)C3CCS(=O)(=O)C3)n2)cc1. The summed E-state index contributed by atoms with van der Waals surface area (Å²) in [5.74, 6) is 1.33. The van der Waals surface area contributed by atoms with Gasteiger partial charge in [-0.15, -0.1) is 0 Å². The van der Waals surface area contributed by atoms with Crippen molar-refractivity contribution in [2.75, 3.05) is 34.1 Å². The third-order valence-electron chi connectivity index (χ3n) is 4.22. The molecule has 2 N–H and O–H groups in total. The third kappa shape index (κ3) is 4.48. The largest absolute Gasteiger partial charge is 0.355 e. The van der Waals surface area contributed by atoms with Crippen LogP contribution in [0.2, 0.25) is 0 Å². The van der Waals surface area contributed by atoms with Crippen molar-refractivity contribution in [3.05, 3.63) is 36.5 Å². The minimum absolute atomic E-state index is 0.0697. The van der Waals surface area contributed by atoms with Crippen LogP contribution in [-0.2, 0) is 14.6 Å². The average molecular weight is 375 g/mol. The summed E-state index contributed by atoms with van der Waals surface area (Å²) in [5.41, 5.74) is 1.49. The van der Waals surface area contributed by atoms with Gasteiger partial charge in [-0.1, -0.05) is 0 Å². The Morgan fingerprint density at radius 3 is 2.50 bits per heavy atom. The molecule has 0 radical (unpaired) electrons. The zero-order valence-corrected chi connectivity index (χ0v) is 15.5. The van der Waals surface area contributed by atoms with Crippen LogP contribution < -0.4 is 15.5 Å². The van der Waals surface area contributed by atoms with Gasteiger partial charge in [0.2, 0.25) is 11.9 Å². The number of nitrogens with zero attached hydrogens (tertiary/aromatic N) is 3. The third-order valence-corrected chi connectivity index (χ3v) is 5.97. The van der Waals surface area contributed by atoms with E-state index in [1.54, 1.807) is 24.4 Å². The fraction of sp³-hybridized carbons (Fsp3) is 0.353. The van der Waals surface area contributed by atoms with Crippen molar-refractivity contribution >= 4 is 38.9 Å². The van der Waals surface area contributed by atoms with E-state index in [0.717, 1.165) is 5.69 Å². The predicted molar refractivity (Wildman–Crippen MR) is 102 cm³/mol. The number of carbonyl (C=O) groups excluding carboxylic acids is 1. The Kier molecular flexibility index (Phi) is 5.08. The van der Waals surface area contributed by atoms with Crippen molar-refractivity contribution in [2.24, 2.45) is 0 Å². The van der Waals surface area contributed by atoms with Crippen LogP contribution in [0.1, 0.15) is 13.3 Å². The molecule has 0 saturated carbocycles. The molecule has 1 atom stereocenters. The first-order valence-electron chi connectivity index (χ1n) is 8.23. The average Bonchev–Trinajstić information content (AvgIpc) is 2.96. The minimum atomic E-state index is -2.95. The van der Waals surface area contributed by atoms with Crippen molar-refractivity contribution in [2.45, 2.75) is 19.4 Å². The van der Waals surface area contributed by atoms with Crippen molar-refractivity contribution in [1.29, 1.82) is 0 Å². The lowest BCUT2D eigenvalue weighted by molar-refractivity contribution is -0.114. The molecule has 0 bridgehead atoms. The van der Waals surface area contributed by atoms with Gasteiger partial charge in [0.1, 0.15) is 5.82 Å². The molecule has 1 aromatic carbocycles. The van der Waals surface area contributed by atoms with Gasteiger partial charge in [0.25, 0.3) is 0 Å². The summed E-state index contributed by atoms with van der Waals surface area (Å²) in [6.45, 7) is 1.46. The minimum Gasteiger partial charge on any atom is -0.355 e. The molecule has 9 heteroatoms. The van der Waals surface area contributed by atoms with E-state index < -0.39 is 9.84 Å². The summed E-state index contributed by atoms with van der Waals surface area (Å²) < 4.78 is 23.4.